The normalized spacial score (nSPS) is 12.1. The van der Waals surface area contributed by atoms with Crippen LogP contribution in [-0.2, 0) is 0 Å². The van der Waals surface area contributed by atoms with Crippen molar-refractivity contribution < 1.29 is 4.79 Å². The van der Waals surface area contributed by atoms with Gasteiger partial charge < -0.3 is 0 Å². The van der Waals surface area contributed by atoms with E-state index < -0.39 is 0 Å². The highest BCUT2D eigenvalue weighted by Crippen LogP contribution is 2.41. The van der Waals surface area contributed by atoms with Crippen molar-refractivity contribution in [2.75, 3.05) is 0 Å². The number of carbonyl (C=O) groups excluding carboxylic acids is 1. The Kier molecular flexibility index (Phi) is 5.36. The molecule has 0 spiro atoms. The molecule has 1 aromatic carbocycles. The van der Waals surface area contributed by atoms with E-state index in [4.69, 9.17) is 0 Å². The van der Waals surface area contributed by atoms with Gasteiger partial charge in [-0.15, -0.1) is 12.6 Å². The van der Waals surface area contributed by atoms with Gasteiger partial charge in [-0.2, -0.15) is 0 Å². The lowest BCUT2D eigenvalue weighted by atomic mass is 10.1. The van der Waals surface area contributed by atoms with Gasteiger partial charge in [0.05, 0.1) is 0 Å². The van der Waals surface area contributed by atoms with E-state index in [2.05, 4.69) is 24.5 Å². The molecule has 0 fully saturated rings. The van der Waals surface area contributed by atoms with Gasteiger partial charge in [-0.1, -0.05) is 41.1 Å². The van der Waals surface area contributed by atoms with E-state index in [-0.39, 0.29) is 5.12 Å². The van der Waals surface area contributed by atoms with Crippen LogP contribution in [0.15, 0.2) is 53.7 Å². The molecule has 0 aliphatic carbocycles. The highest BCUT2D eigenvalue weighted by Gasteiger charge is 2.08. The Bertz CT molecular complexity index is 542. The van der Waals surface area contributed by atoms with Crippen LogP contribution < -0.4 is 0 Å². The third-order valence-electron chi connectivity index (χ3n) is 2.54. The smallest absolute Gasteiger partial charge is 0.216 e. The van der Waals surface area contributed by atoms with Crippen molar-refractivity contribution in [2.24, 2.45) is 0 Å². The third kappa shape index (κ3) is 4.30. The summed E-state index contributed by atoms with van der Waals surface area (Å²) in [5, 5.41) is 1.13. The predicted molar refractivity (Wildman–Crippen MR) is 85.9 cm³/mol. The summed E-state index contributed by atoms with van der Waals surface area (Å²) in [6.45, 7) is 2.14. The predicted octanol–water partition coefficient (Wildman–Crippen LogP) is 4.65. The third-order valence-corrected chi connectivity index (χ3v) is 5.54. The summed E-state index contributed by atoms with van der Waals surface area (Å²) in [6, 6.07) is 13.5. The maximum absolute atomic E-state index is 11.1. The molecule has 0 aliphatic heterocycles. The summed E-state index contributed by atoms with van der Waals surface area (Å²) >= 11 is 3.81. The lowest BCUT2D eigenvalue weighted by Crippen LogP contribution is -1.91. The summed E-state index contributed by atoms with van der Waals surface area (Å²) in [4.78, 5) is 15.4. The molecule has 19 heavy (non-hydrogen) atoms. The number of hydrogen-bond donors (Lipinski definition) is 1. The zero-order chi connectivity index (χ0) is 13.7. The summed E-state index contributed by atoms with van der Waals surface area (Å²) in [5.41, 5.74) is 1.81. The first kappa shape index (κ1) is 14.5. The molecule has 5 heteroatoms. The molecule has 0 aliphatic rings. The molecule has 1 aromatic heterocycles. The van der Waals surface area contributed by atoms with Crippen molar-refractivity contribution in [3.05, 3.63) is 59.8 Å². The van der Waals surface area contributed by atoms with Gasteiger partial charge in [-0.3, -0.25) is 4.79 Å². The maximum Gasteiger partial charge on any atom is 0.216 e. The van der Waals surface area contributed by atoms with Crippen LogP contribution in [0.4, 0.5) is 0 Å². The number of carbonyl (C=O) groups is 1. The van der Waals surface area contributed by atoms with E-state index in [1.807, 2.05) is 42.5 Å². The second-order valence-corrected chi connectivity index (χ2v) is 6.88. The Morgan fingerprint density at radius 1 is 1.21 bits per heavy atom. The Balaban J connectivity index is 1.96. The van der Waals surface area contributed by atoms with Crippen molar-refractivity contribution in [1.29, 1.82) is 0 Å². The molecule has 0 N–H and O–H groups in total. The van der Waals surface area contributed by atoms with Gasteiger partial charge in [-0.05, 0) is 35.4 Å². The molecule has 0 radical (unpaired) electrons. The number of pyridine rings is 1. The molecule has 2 rings (SSSR count). The minimum absolute atomic E-state index is 0.199. The van der Waals surface area contributed by atoms with Crippen LogP contribution in [0, 0.1) is 0 Å². The second kappa shape index (κ2) is 7.03. The minimum atomic E-state index is -0.199. The van der Waals surface area contributed by atoms with Gasteiger partial charge in [0.1, 0.15) is 5.03 Å². The van der Waals surface area contributed by atoms with Gasteiger partial charge in [-0.25, -0.2) is 4.98 Å². The highest BCUT2D eigenvalue weighted by atomic mass is 33.1. The van der Waals surface area contributed by atoms with Gasteiger partial charge >= 0.3 is 0 Å². The number of nitrogens with zero attached hydrogens (tertiary/aromatic N) is 1. The van der Waals surface area contributed by atoms with Crippen LogP contribution in [0.25, 0.3) is 0 Å². The molecule has 0 saturated heterocycles. The molecule has 0 bridgehead atoms. The van der Waals surface area contributed by atoms with E-state index in [1.165, 1.54) is 5.56 Å². The van der Waals surface area contributed by atoms with Crippen LogP contribution in [0.3, 0.4) is 0 Å². The fourth-order valence-corrected chi connectivity index (χ4v) is 3.73. The fourth-order valence-electron chi connectivity index (χ4n) is 1.47. The number of aromatic nitrogens is 1. The number of benzene rings is 1. The SMILES string of the molecule is CC(SSc1ccccn1)c1ccc(C(=O)S)cc1. The van der Waals surface area contributed by atoms with Crippen molar-refractivity contribution in [2.45, 2.75) is 17.2 Å². The second-order valence-electron chi connectivity index (χ2n) is 3.92. The molecule has 1 atom stereocenters. The van der Waals surface area contributed by atoms with Crippen molar-refractivity contribution in [1.82, 2.24) is 4.98 Å². The Morgan fingerprint density at radius 3 is 2.53 bits per heavy atom. The Hall–Kier alpha value is -0.910. The quantitative estimate of drug-likeness (QED) is 0.643. The highest BCUT2D eigenvalue weighted by molar-refractivity contribution is 8.76. The summed E-state index contributed by atoms with van der Waals surface area (Å²) in [7, 11) is 3.40. The first-order chi connectivity index (χ1) is 9.16. The molecular formula is C14H13NOS3. The molecule has 2 aromatic rings. The molecular weight excluding hydrogens is 294 g/mol. The van der Waals surface area contributed by atoms with Crippen LogP contribution in [0.5, 0.6) is 0 Å². The zero-order valence-corrected chi connectivity index (χ0v) is 12.8. The number of hydrogen-bond acceptors (Lipinski definition) is 4. The largest absolute Gasteiger partial charge is 0.282 e. The Labute approximate surface area is 126 Å². The van der Waals surface area contributed by atoms with E-state index in [0.717, 1.165) is 5.03 Å². The van der Waals surface area contributed by atoms with E-state index >= 15 is 0 Å². The standard InChI is InChI=1S/C14H13NOS3/c1-10(18-19-13-4-2-3-9-15-13)11-5-7-12(8-6-11)14(16)17/h2-10H,1H3,(H,16,17). The zero-order valence-electron chi connectivity index (χ0n) is 10.3. The fraction of sp³-hybridized carbons (Fsp3) is 0.143. The number of rotatable bonds is 5. The van der Waals surface area contributed by atoms with Crippen LogP contribution >= 0.6 is 34.2 Å². The van der Waals surface area contributed by atoms with Gasteiger partial charge in [0.15, 0.2) is 0 Å². The van der Waals surface area contributed by atoms with Gasteiger partial charge in [0.25, 0.3) is 0 Å². The molecule has 1 heterocycles. The topological polar surface area (TPSA) is 30.0 Å². The lowest BCUT2D eigenvalue weighted by molar-refractivity contribution is 0.109. The molecule has 0 amide bonds. The van der Waals surface area contributed by atoms with E-state index in [9.17, 15) is 4.79 Å². The summed E-state index contributed by atoms with van der Waals surface area (Å²) < 4.78 is 0. The molecule has 2 nitrogen and oxygen atoms in total. The maximum atomic E-state index is 11.1. The van der Waals surface area contributed by atoms with E-state index in [0.29, 0.717) is 10.8 Å². The first-order valence-corrected chi connectivity index (χ1v) is 8.40. The van der Waals surface area contributed by atoms with Crippen molar-refractivity contribution in [3.8, 4) is 0 Å². The van der Waals surface area contributed by atoms with Crippen molar-refractivity contribution >= 4 is 39.3 Å². The Morgan fingerprint density at radius 2 is 1.95 bits per heavy atom. The van der Waals surface area contributed by atoms with Crippen LogP contribution in [-0.4, -0.2) is 10.1 Å². The number of thiol groups is 1. The summed E-state index contributed by atoms with van der Waals surface area (Å²) in [5.74, 6) is 0. The molecule has 1 unspecified atom stereocenters. The minimum Gasteiger partial charge on any atom is -0.282 e. The van der Waals surface area contributed by atoms with Gasteiger partial charge in [0, 0.05) is 17.0 Å². The van der Waals surface area contributed by atoms with Gasteiger partial charge in [0.2, 0.25) is 5.12 Å². The van der Waals surface area contributed by atoms with E-state index in [1.54, 1.807) is 27.8 Å². The average Bonchev–Trinajstić information content (AvgIpc) is 2.46. The monoisotopic (exact) mass is 307 g/mol. The van der Waals surface area contributed by atoms with Crippen molar-refractivity contribution in [3.63, 3.8) is 0 Å². The molecule has 98 valence electrons. The molecule has 0 saturated carbocycles. The summed E-state index contributed by atoms with van der Waals surface area (Å²) in [6.07, 6.45) is 1.79. The average molecular weight is 307 g/mol. The lowest BCUT2D eigenvalue weighted by Gasteiger charge is -2.10. The van der Waals surface area contributed by atoms with Crippen LogP contribution in [0.2, 0.25) is 0 Å². The van der Waals surface area contributed by atoms with Crippen LogP contribution in [0.1, 0.15) is 28.1 Å². The first-order valence-electron chi connectivity index (χ1n) is 5.74.